The Kier molecular flexibility index (Phi) is 7.14. The summed E-state index contributed by atoms with van der Waals surface area (Å²) in [5.74, 6) is 0. The van der Waals surface area contributed by atoms with Gasteiger partial charge in [-0.15, -0.1) is 0 Å². The summed E-state index contributed by atoms with van der Waals surface area (Å²) in [4.78, 5) is 15.8. The van der Waals surface area contributed by atoms with E-state index in [1.54, 1.807) is 0 Å². The van der Waals surface area contributed by atoms with Gasteiger partial charge in [0.1, 0.15) is 0 Å². The normalized spacial score (nSPS) is 11.5. The minimum atomic E-state index is 0.890. The Morgan fingerprint density at radius 1 is 0.308 bits per heavy atom. The van der Waals surface area contributed by atoms with Crippen LogP contribution < -0.4 is 0 Å². The predicted molar refractivity (Wildman–Crippen MR) is 217 cm³/mol. The third-order valence-corrected chi connectivity index (χ3v) is 10.1. The molecule has 242 valence electrons. The molecule has 0 radical (unpaired) electrons. The van der Waals surface area contributed by atoms with Gasteiger partial charge in [-0.3, -0.25) is 0 Å². The van der Waals surface area contributed by atoms with Crippen LogP contribution in [0, 0.1) is 0 Å². The van der Waals surface area contributed by atoms with E-state index in [1.165, 1.54) is 27.6 Å². The molecule has 0 amide bonds. The molecule has 3 aromatic heterocycles. The van der Waals surface area contributed by atoms with Gasteiger partial charge in [-0.05, 0) is 40.5 Å². The quantitative estimate of drug-likeness (QED) is 0.172. The van der Waals surface area contributed by atoms with Gasteiger partial charge >= 0.3 is 0 Å². The van der Waals surface area contributed by atoms with Crippen LogP contribution in [0.3, 0.4) is 0 Å². The number of fused-ring (bicyclic) bond motifs is 6. The van der Waals surface area contributed by atoms with Crippen LogP contribution in [0.4, 0.5) is 0 Å². The van der Waals surface area contributed by atoms with Crippen LogP contribution in [0.2, 0.25) is 0 Å². The van der Waals surface area contributed by atoms with Gasteiger partial charge in [-0.2, -0.15) is 0 Å². The molecule has 3 heterocycles. The molecule has 0 aliphatic heterocycles. The van der Waals surface area contributed by atoms with Crippen molar-refractivity contribution in [1.29, 1.82) is 0 Å². The van der Waals surface area contributed by atoms with E-state index in [0.717, 1.165) is 71.9 Å². The summed E-state index contributed by atoms with van der Waals surface area (Å²) in [7, 11) is 0. The third kappa shape index (κ3) is 5.19. The topological polar surface area (TPSA) is 38.7 Å². The van der Waals surface area contributed by atoms with Gasteiger partial charge in [-0.1, -0.05) is 170 Å². The number of nitrogens with zero attached hydrogens (tertiary/aromatic N) is 3. The smallest absolute Gasteiger partial charge is 0.0972 e. The highest BCUT2D eigenvalue weighted by Gasteiger charge is 2.16. The van der Waals surface area contributed by atoms with Crippen LogP contribution in [0.15, 0.2) is 188 Å². The molecule has 52 heavy (non-hydrogen) atoms. The number of aromatic nitrogens is 3. The second-order valence-corrected chi connectivity index (χ2v) is 13.2. The first-order valence-electron chi connectivity index (χ1n) is 17.6. The van der Waals surface area contributed by atoms with Crippen molar-refractivity contribution in [3.8, 4) is 56.0 Å². The number of hydrogen-bond acceptors (Lipinski definition) is 3. The molecule has 0 fully saturated rings. The molecule has 0 atom stereocenters. The Morgan fingerprint density at radius 2 is 0.827 bits per heavy atom. The molecule has 0 saturated carbocycles. The zero-order valence-corrected chi connectivity index (χ0v) is 28.2. The highest BCUT2D eigenvalue weighted by molar-refractivity contribution is 6.17. The van der Waals surface area contributed by atoms with Gasteiger partial charge < -0.3 is 0 Å². The molecule has 0 spiro atoms. The lowest BCUT2D eigenvalue weighted by atomic mass is 9.92. The molecule has 7 aromatic carbocycles. The zero-order chi connectivity index (χ0) is 34.4. The fourth-order valence-corrected chi connectivity index (χ4v) is 7.44. The number of hydrogen-bond donors (Lipinski definition) is 0. The Bertz CT molecular complexity index is 2920. The van der Waals surface area contributed by atoms with Crippen LogP contribution >= 0.6 is 0 Å². The summed E-state index contributed by atoms with van der Waals surface area (Å²) in [6.45, 7) is 0. The van der Waals surface area contributed by atoms with Crippen molar-refractivity contribution in [2.75, 3.05) is 0 Å². The SMILES string of the molecule is c1ccc(-c2ccc(-c3nc4cc(-c5ccc6ccc7ccc(-c8ccccc8)nc7c6n5)ccc4c4c(-c5ccccc5)cccc34)cc2)cc1. The van der Waals surface area contributed by atoms with E-state index in [4.69, 9.17) is 15.0 Å². The maximum absolute atomic E-state index is 5.41. The molecular formula is C49H31N3. The van der Waals surface area contributed by atoms with Crippen molar-refractivity contribution >= 4 is 43.5 Å². The highest BCUT2D eigenvalue weighted by atomic mass is 14.8. The van der Waals surface area contributed by atoms with E-state index >= 15 is 0 Å². The number of benzene rings is 7. The van der Waals surface area contributed by atoms with Gasteiger partial charge in [0, 0.05) is 43.6 Å². The Morgan fingerprint density at radius 3 is 1.48 bits per heavy atom. The van der Waals surface area contributed by atoms with Crippen molar-refractivity contribution in [3.63, 3.8) is 0 Å². The average Bonchev–Trinajstić information content (AvgIpc) is 3.23. The zero-order valence-electron chi connectivity index (χ0n) is 28.2. The Hall–Kier alpha value is -6.97. The first kappa shape index (κ1) is 29.9. The summed E-state index contributed by atoms with van der Waals surface area (Å²) < 4.78 is 0. The lowest BCUT2D eigenvalue weighted by Gasteiger charge is -2.15. The van der Waals surface area contributed by atoms with Gasteiger partial charge in [0.25, 0.3) is 0 Å². The van der Waals surface area contributed by atoms with Gasteiger partial charge in [-0.25, -0.2) is 15.0 Å². The van der Waals surface area contributed by atoms with Gasteiger partial charge in [0.15, 0.2) is 0 Å². The molecule has 3 heteroatoms. The van der Waals surface area contributed by atoms with E-state index in [9.17, 15) is 0 Å². The number of pyridine rings is 3. The maximum Gasteiger partial charge on any atom is 0.0972 e. The van der Waals surface area contributed by atoms with E-state index < -0.39 is 0 Å². The molecule has 0 N–H and O–H groups in total. The van der Waals surface area contributed by atoms with E-state index in [2.05, 4.69) is 170 Å². The van der Waals surface area contributed by atoms with Crippen LogP contribution in [-0.2, 0) is 0 Å². The summed E-state index contributed by atoms with van der Waals surface area (Å²) in [5, 5.41) is 5.57. The minimum absolute atomic E-state index is 0.890. The second kappa shape index (κ2) is 12.4. The molecule has 10 aromatic rings. The predicted octanol–water partition coefficient (Wildman–Crippen LogP) is 12.8. The van der Waals surface area contributed by atoms with Crippen LogP contribution in [0.5, 0.6) is 0 Å². The van der Waals surface area contributed by atoms with E-state index in [-0.39, 0.29) is 0 Å². The molecular weight excluding hydrogens is 631 g/mol. The highest BCUT2D eigenvalue weighted by Crippen LogP contribution is 2.40. The Labute approximate surface area is 301 Å². The minimum Gasteiger partial charge on any atom is -0.247 e. The summed E-state index contributed by atoms with van der Waals surface area (Å²) in [5.41, 5.74) is 13.5. The van der Waals surface area contributed by atoms with E-state index in [0.29, 0.717) is 0 Å². The van der Waals surface area contributed by atoms with Crippen molar-refractivity contribution in [2.24, 2.45) is 0 Å². The lowest BCUT2D eigenvalue weighted by Crippen LogP contribution is -1.94. The summed E-state index contributed by atoms with van der Waals surface area (Å²) in [6.07, 6.45) is 0. The van der Waals surface area contributed by atoms with Crippen LogP contribution in [-0.4, -0.2) is 15.0 Å². The first-order chi connectivity index (χ1) is 25.8. The monoisotopic (exact) mass is 661 g/mol. The van der Waals surface area contributed by atoms with Crippen LogP contribution in [0.25, 0.3) is 99.5 Å². The molecule has 10 rings (SSSR count). The standard InChI is InChI=1S/C49H31N3/c1-4-11-32(12-5-1)33-19-21-36(22-20-33)47-42-18-10-17-40(34-13-6-2-7-14-34)46(42)41-28-25-39(31-45(41)52-47)44-30-27-38-24-23-37-26-29-43(35-15-8-3-9-16-35)50-48(37)49(38)51-44/h1-31H. The van der Waals surface area contributed by atoms with Gasteiger partial charge in [0.2, 0.25) is 0 Å². The molecule has 0 saturated heterocycles. The molecule has 0 unspecified atom stereocenters. The average molecular weight is 662 g/mol. The number of rotatable bonds is 5. The van der Waals surface area contributed by atoms with E-state index in [1.807, 2.05) is 18.2 Å². The van der Waals surface area contributed by atoms with Crippen LogP contribution in [0.1, 0.15) is 0 Å². The lowest BCUT2D eigenvalue weighted by molar-refractivity contribution is 1.36. The van der Waals surface area contributed by atoms with Crippen molar-refractivity contribution in [2.45, 2.75) is 0 Å². The Balaban J connectivity index is 1.17. The third-order valence-electron chi connectivity index (χ3n) is 10.1. The first-order valence-corrected chi connectivity index (χ1v) is 17.6. The molecule has 0 aliphatic rings. The molecule has 3 nitrogen and oxygen atoms in total. The van der Waals surface area contributed by atoms with Crippen molar-refractivity contribution in [1.82, 2.24) is 15.0 Å². The fraction of sp³-hybridized carbons (Fsp3) is 0. The van der Waals surface area contributed by atoms with Crippen molar-refractivity contribution < 1.29 is 0 Å². The second-order valence-electron chi connectivity index (χ2n) is 13.2. The summed E-state index contributed by atoms with van der Waals surface area (Å²) >= 11 is 0. The largest absolute Gasteiger partial charge is 0.247 e. The molecule has 0 aliphatic carbocycles. The van der Waals surface area contributed by atoms with Crippen molar-refractivity contribution in [3.05, 3.63) is 188 Å². The maximum atomic E-state index is 5.41. The summed E-state index contributed by atoms with van der Waals surface area (Å²) in [6, 6.07) is 66.2. The van der Waals surface area contributed by atoms with Gasteiger partial charge in [0.05, 0.1) is 33.6 Å². The fourth-order valence-electron chi connectivity index (χ4n) is 7.44. The molecule has 0 bridgehead atoms.